The molecule has 2 N–H and O–H groups in total. The molecule has 0 saturated heterocycles. The lowest BCUT2D eigenvalue weighted by molar-refractivity contribution is -0.142. The van der Waals surface area contributed by atoms with Crippen LogP contribution in [-0.2, 0) is 9.59 Å². The first kappa shape index (κ1) is 12.9. The van der Waals surface area contributed by atoms with E-state index in [-0.39, 0.29) is 18.3 Å². The summed E-state index contributed by atoms with van der Waals surface area (Å²) in [5.74, 6) is -1.78. The van der Waals surface area contributed by atoms with Crippen LogP contribution in [0.3, 0.4) is 0 Å². The molecule has 0 aromatic carbocycles. The molecule has 4 nitrogen and oxygen atoms in total. The fourth-order valence-corrected chi connectivity index (χ4v) is 1.42. The second-order valence-electron chi connectivity index (χ2n) is 3.72. The molecule has 2 atom stereocenters. The summed E-state index contributed by atoms with van der Waals surface area (Å²) >= 11 is 0. The molecule has 2 unspecified atom stereocenters. The van der Waals surface area contributed by atoms with Crippen LogP contribution < -0.4 is 0 Å². The molecule has 0 heterocycles. The second-order valence-corrected chi connectivity index (χ2v) is 3.72. The molecule has 0 bridgehead atoms. The van der Waals surface area contributed by atoms with Crippen LogP contribution >= 0.6 is 0 Å². The highest BCUT2D eigenvalue weighted by Crippen LogP contribution is 2.19. The Morgan fingerprint density at radius 2 is 1.86 bits per heavy atom. The fraction of sp³-hybridized carbons (Fsp3) is 0.800. The number of carbonyl (C=O) groups is 2. The Bertz CT molecular complexity index is 200. The summed E-state index contributed by atoms with van der Waals surface area (Å²) in [5.41, 5.74) is 0. The Hall–Kier alpha value is -1.06. The summed E-state index contributed by atoms with van der Waals surface area (Å²) in [5, 5.41) is 17.2. The third-order valence-corrected chi connectivity index (χ3v) is 2.38. The van der Waals surface area contributed by atoms with Gasteiger partial charge in [-0.1, -0.05) is 13.8 Å². The predicted molar refractivity (Wildman–Crippen MR) is 52.1 cm³/mol. The van der Waals surface area contributed by atoms with E-state index in [2.05, 4.69) is 0 Å². The number of aliphatic carboxylic acids is 2. The Morgan fingerprint density at radius 1 is 1.29 bits per heavy atom. The molecule has 14 heavy (non-hydrogen) atoms. The normalized spacial score (nSPS) is 14.7. The quantitative estimate of drug-likeness (QED) is 0.662. The van der Waals surface area contributed by atoms with Crippen molar-refractivity contribution in [3.05, 3.63) is 0 Å². The van der Waals surface area contributed by atoms with Crippen molar-refractivity contribution in [3.8, 4) is 0 Å². The van der Waals surface area contributed by atoms with E-state index in [1.807, 2.05) is 13.8 Å². The molecule has 0 aromatic heterocycles. The summed E-state index contributed by atoms with van der Waals surface area (Å²) < 4.78 is 0. The van der Waals surface area contributed by atoms with Crippen LogP contribution in [0.1, 0.15) is 39.5 Å². The molecule has 0 saturated carbocycles. The van der Waals surface area contributed by atoms with Gasteiger partial charge in [-0.3, -0.25) is 9.59 Å². The second kappa shape index (κ2) is 6.40. The highest BCUT2D eigenvalue weighted by molar-refractivity contribution is 5.69. The SMILES string of the molecule is CCC(CC(C)CCC(=O)O)C(=O)O. The van der Waals surface area contributed by atoms with E-state index in [4.69, 9.17) is 10.2 Å². The van der Waals surface area contributed by atoms with Gasteiger partial charge >= 0.3 is 11.9 Å². The van der Waals surface area contributed by atoms with Gasteiger partial charge in [0.2, 0.25) is 0 Å². The molecule has 82 valence electrons. The van der Waals surface area contributed by atoms with Crippen molar-refractivity contribution >= 4 is 11.9 Å². The van der Waals surface area contributed by atoms with Gasteiger partial charge < -0.3 is 10.2 Å². The van der Waals surface area contributed by atoms with Crippen LogP contribution in [0.2, 0.25) is 0 Å². The molecule has 0 aliphatic rings. The number of hydrogen-bond acceptors (Lipinski definition) is 2. The summed E-state index contributed by atoms with van der Waals surface area (Å²) in [7, 11) is 0. The van der Waals surface area contributed by atoms with Crippen LogP contribution in [-0.4, -0.2) is 22.2 Å². The Labute approximate surface area is 83.9 Å². The van der Waals surface area contributed by atoms with Gasteiger partial charge in [0.15, 0.2) is 0 Å². The Balaban J connectivity index is 3.84. The average molecular weight is 202 g/mol. The van der Waals surface area contributed by atoms with Crippen LogP contribution in [0, 0.1) is 11.8 Å². The summed E-state index contributed by atoms with van der Waals surface area (Å²) in [4.78, 5) is 21.0. The van der Waals surface area contributed by atoms with Gasteiger partial charge in [0, 0.05) is 6.42 Å². The Morgan fingerprint density at radius 3 is 2.21 bits per heavy atom. The maximum Gasteiger partial charge on any atom is 0.306 e. The minimum absolute atomic E-state index is 0.122. The zero-order chi connectivity index (χ0) is 11.1. The van der Waals surface area contributed by atoms with Gasteiger partial charge in [0.25, 0.3) is 0 Å². The summed E-state index contributed by atoms with van der Waals surface area (Å²) in [6.07, 6.45) is 1.85. The molecule has 0 rings (SSSR count). The number of carboxylic acids is 2. The van der Waals surface area contributed by atoms with E-state index in [0.717, 1.165) is 0 Å². The van der Waals surface area contributed by atoms with Gasteiger partial charge in [-0.15, -0.1) is 0 Å². The lowest BCUT2D eigenvalue weighted by Crippen LogP contribution is -2.16. The van der Waals surface area contributed by atoms with E-state index in [0.29, 0.717) is 19.3 Å². The van der Waals surface area contributed by atoms with Gasteiger partial charge in [-0.25, -0.2) is 0 Å². The molecule has 0 amide bonds. The third kappa shape index (κ3) is 5.56. The first-order chi connectivity index (χ1) is 6.47. The molecule has 0 fully saturated rings. The first-order valence-electron chi connectivity index (χ1n) is 4.92. The van der Waals surface area contributed by atoms with E-state index in [9.17, 15) is 9.59 Å². The van der Waals surface area contributed by atoms with E-state index in [1.54, 1.807) is 0 Å². The van der Waals surface area contributed by atoms with Crippen molar-refractivity contribution in [2.45, 2.75) is 39.5 Å². The van der Waals surface area contributed by atoms with Crippen LogP contribution in [0.5, 0.6) is 0 Å². The van der Waals surface area contributed by atoms with E-state index in [1.165, 1.54) is 0 Å². The maximum absolute atomic E-state index is 10.7. The zero-order valence-corrected chi connectivity index (χ0v) is 8.69. The smallest absolute Gasteiger partial charge is 0.306 e. The van der Waals surface area contributed by atoms with Crippen molar-refractivity contribution in [3.63, 3.8) is 0 Å². The molecule has 0 aliphatic heterocycles. The molecule has 4 heteroatoms. The molecule has 0 radical (unpaired) electrons. The number of hydrogen-bond donors (Lipinski definition) is 2. The van der Waals surface area contributed by atoms with Gasteiger partial charge in [-0.05, 0) is 25.2 Å². The highest BCUT2D eigenvalue weighted by Gasteiger charge is 2.18. The number of carboxylic acid groups (broad SMARTS) is 2. The van der Waals surface area contributed by atoms with Crippen molar-refractivity contribution < 1.29 is 19.8 Å². The van der Waals surface area contributed by atoms with Crippen LogP contribution in [0.25, 0.3) is 0 Å². The monoisotopic (exact) mass is 202 g/mol. The van der Waals surface area contributed by atoms with Crippen LogP contribution in [0.4, 0.5) is 0 Å². The van der Waals surface area contributed by atoms with Gasteiger partial charge in [0.05, 0.1) is 5.92 Å². The minimum Gasteiger partial charge on any atom is -0.481 e. The van der Waals surface area contributed by atoms with Crippen molar-refractivity contribution in [2.24, 2.45) is 11.8 Å². The zero-order valence-electron chi connectivity index (χ0n) is 8.69. The first-order valence-corrected chi connectivity index (χ1v) is 4.92. The lowest BCUT2D eigenvalue weighted by atomic mass is 9.91. The Kier molecular flexibility index (Phi) is 5.92. The van der Waals surface area contributed by atoms with E-state index >= 15 is 0 Å². The molecule has 0 aromatic rings. The third-order valence-electron chi connectivity index (χ3n) is 2.38. The topological polar surface area (TPSA) is 74.6 Å². The number of rotatable bonds is 7. The van der Waals surface area contributed by atoms with Crippen molar-refractivity contribution in [1.82, 2.24) is 0 Å². The highest BCUT2D eigenvalue weighted by atomic mass is 16.4. The molecular formula is C10H18O4. The van der Waals surface area contributed by atoms with Crippen LogP contribution in [0.15, 0.2) is 0 Å². The van der Waals surface area contributed by atoms with Crippen molar-refractivity contribution in [2.75, 3.05) is 0 Å². The maximum atomic E-state index is 10.7. The predicted octanol–water partition coefficient (Wildman–Crippen LogP) is 1.99. The minimum atomic E-state index is -0.819. The molecule has 0 spiro atoms. The fourth-order valence-electron chi connectivity index (χ4n) is 1.42. The largest absolute Gasteiger partial charge is 0.481 e. The van der Waals surface area contributed by atoms with Crippen molar-refractivity contribution in [1.29, 1.82) is 0 Å². The molecular weight excluding hydrogens is 184 g/mol. The summed E-state index contributed by atoms with van der Waals surface area (Å²) in [6, 6.07) is 0. The molecule has 0 aliphatic carbocycles. The van der Waals surface area contributed by atoms with E-state index < -0.39 is 11.9 Å². The van der Waals surface area contributed by atoms with Gasteiger partial charge in [0.1, 0.15) is 0 Å². The summed E-state index contributed by atoms with van der Waals surface area (Å²) in [6.45, 7) is 3.73. The van der Waals surface area contributed by atoms with Gasteiger partial charge in [-0.2, -0.15) is 0 Å². The standard InChI is InChI=1S/C10H18O4/c1-3-8(10(13)14)6-7(2)4-5-9(11)12/h7-8H,3-6H2,1-2H3,(H,11,12)(H,13,14). The lowest BCUT2D eigenvalue weighted by Gasteiger charge is -2.14. The average Bonchev–Trinajstić information content (AvgIpc) is 2.10.